The zero-order valence-electron chi connectivity index (χ0n) is 10.9. The molecule has 1 rings (SSSR count). The molecule has 0 aromatic heterocycles. The Labute approximate surface area is 113 Å². The molecule has 18 heavy (non-hydrogen) atoms. The van der Waals surface area contributed by atoms with E-state index in [4.69, 9.17) is 11.9 Å². The Morgan fingerprint density at radius 3 is 2.67 bits per heavy atom. The van der Waals surface area contributed by atoms with Gasteiger partial charge in [-0.1, -0.05) is 30.3 Å². The Hall–Kier alpha value is -1.18. The summed E-state index contributed by atoms with van der Waals surface area (Å²) >= 11 is 0. The van der Waals surface area contributed by atoms with Crippen molar-refractivity contribution in [2.75, 3.05) is 13.7 Å². The van der Waals surface area contributed by atoms with E-state index in [-0.39, 0.29) is 25.6 Å². The molecule has 0 amide bonds. The molecule has 1 aromatic carbocycles. The van der Waals surface area contributed by atoms with Crippen molar-refractivity contribution in [1.82, 2.24) is 0 Å². The lowest BCUT2D eigenvalue weighted by Gasteiger charge is -2.25. The first-order chi connectivity index (χ1) is 8.62. The van der Waals surface area contributed by atoms with Gasteiger partial charge in [-0.05, 0) is 5.56 Å². The first-order valence-corrected chi connectivity index (χ1v) is 4.96. The normalized spacial score (nSPS) is 14.0. The van der Waals surface area contributed by atoms with Gasteiger partial charge in [0.05, 0.1) is 13.7 Å². The van der Waals surface area contributed by atoms with Crippen molar-refractivity contribution in [3.05, 3.63) is 35.9 Å². The Kier molecular flexibility index (Phi) is 6.63. The zero-order chi connectivity index (χ0) is 13.4. The number of benzene rings is 1. The van der Waals surface area contributed by atoms with Crippen LogP contribution >= 0.6 is 12.4 Å². The molecule has 1 atom stereocenters. The lowest BCUT2D eigenvalue weighted by atomic mass is 10.2. The zero-order valence-corrected chi connectivity index (χ0v) is 10.7. The summed E-state index contributed by atoms with van der Waals surface area (Å²) < 4.78 is 16.5. The van der Waals surface area contributed by atoms with Crippen molar-refractivity contribution in [3.8, 4) is 0 Å². The summed E-state index contributed by atoms with van der Waals surface area (Å²) in [5.74, 6) is 0.913. The molecule has 0 unspecified atom stereocenters. The van der Waals surface area contributed by atoms with Crippen LogP contribution in [-0.4, -0.2) is 25.4 Å². The van der Waals surface area contributed by atoms with Gasteiger partial charge in [0.25, 0.3) is 0 Å². The highest BCUT2D eigenvalue weighted by Gasteiger charge is 2.37. The molecule has 0 spiro atoms. The molecule has 0 heterocycles. The molecule has 0 fully saturated rings. The number of hydrogen-bond donors (Lipinski definition) is 2. The highest BCUT2D eigenvalue weighted by Crippen LogP contribution is 2.10. The lowest BCUT2D eigenvalue weighted by Crippen LogP contribution is -2.55. The average Bonchev–Trinajstić information content (AvgIpc) is 2.43. The number of ether oxygens (including phenoxy) is 2. The van der Waals surface area contributed by atoms with Gasteiger partial charge in [-0.3, -0.25) is 10.6 Å². The van der Waals surface area contributed by atoms with Crippen LogP contribution in [0, 0.1) is 0 Å². The highest BCUT2D eigenvalue weighted by molar-refractivity contribution is 5.85. The number of hydrogen-bond acceptors (Lipinski definition) is 6. The highest BCUT2D eigenvalue weighted by atomic mass is 35.5. The monoisotopic (exact) mass is 277 g/mol. The van der Waals surface area contributed by atoms with Crippen LogP contribution in [0.2, 0.25) is 1.41 Å². The van der Waals surface area contributed by atoms with E-state index in [9.17, 15) is 4.79 Å². The number of esters is 1. The van der Waals surface area contributed by atoms with Gasteiger partial charge in [-0.25, -0.2) is 10.7 Å². The fraction of sp³-hybridized carbons (Fsp3) is 0.364. The third-order valence-corrected chi connectivity index (χ3v) is 2.16. The Morgan fingerprint density at radius 2 is 2.11 bits per heavy atom. The summed E-state index contributed by atoms with van der Waals surface area (Å²) in [5.41, 5.74) is 4.85. The molecular weight excluding hydrogens is 260 g/mol. The van der Waals surface area contributed by atoms with Gasteiger partial charge in [-0.2, -0.15) is 0 Å². The summed E-state index contributed by atoms with van der Waals surface area (Å²) in [7, 11) is 1.20. The van der Waals surface area contributed by atoms with Crippen LogP contribution in [0.25, 0.3) is 0 Å². The molecule has 1 aromatic rings. The lowest BCUT2D eigenvalue weighted by molar-refractivity contribution is -0.180. The standard InChI is InChI=1S/C11H16N2O4.ClH/c1-15-10(14)11(12,8-17-13)16-7-9-5-3-2-4-6-9;/h2-6H,7-8,12-13H2,1H3;1H/t11-;/m1./s1/i13D;. The minimum atomic E-state index is -1.75. The summed E-state index contributed by atoms with van der Waals surface area (Å²) in [6.07, 6.45) is 0. The summed E-state index contributed by atoms with van der Waals surface area (Å²) in [5, 5.41) is 0. The second-order valence-electron chi connectivity index (χ2n) is 3.44. The topological polar surface area (TPSA) is 96.8 Å². The molecule has 0 aliphatic heterocycles. The third kappa shape index (κ3) is 4.59. The van der Waals surface area contributed by atoms with Crippen LogP contribution in [0.4, 0.5) is 0 Å². The average molecular weight is 278 g/mol. The number of carbonyl (C=O) groups excluding carboxylic acids is 1. The Bertz CT molecular complexity index is 382. The van der Waals surface area contributed by atoms with E-state index in [0.717, 1.165) is 5.56 Å². The van der Waals surface area contributed by atoms with Gasteiger partial charge in [0, 0.05) is 0 Å². The fourth-order valence-corrected chi connectivity index (χ4v) is 1.23. The maximum Gasteiger partial charge on any atom is 0.356 e. The summed E-state index contributed by atoms with van der Waals surface area (Å²) in [6.45, 7) is -0.205. The van der Waals surface area contributed by atoms with Gasteiger partial charge >= 0.3 is 5.97 Å². The molecule has 0 aliphatic carbocycles. The van der Waals surface area contributed by atoms with Gasteiger partial charge in [0.15, 0.2) is 1.41 Å². The largest absolute Gasteiger partial charge is 0.466 e. The van der Waals surface area contributed by atoms with Crippen LogP contribution in [-0.2, 0) is 25.7 Å². The molecule has 0 aliphatic rings. The minimum Gasteiger partial charge on any atom is -0.466 e. The number of rotatable bonds is 7. The van der Waals surface area contributed by atoms with Crippen molar-refractivity contribution >= 4 is 18.4 Å². The van der Waals surface area contributed by atoms with E-state index in [2.05, 4.69) is 9.57 Å². The van der Waals surface area contributed by atoms with Crippen molar-refractivity contribution in [3.63, 3.8) is 0 Å². The van der Waals surface area contributed by atoms with Gasteiger partial charge in [0.2, 0.25) is 5.72 Å². The molecular formula is C11H17ClN2O4. The van der Waals surface area contributed by atoms with E-state index in [1.165, 1.54) is 7.11 Å². The van der Waals surface area contributed by atoms with E-state index in [0.29, 0.717) is 0 Å². The van der Waals surface area contributed by atoms with Crippen LogP contribution in [0.3, 0.4) is 0 Å². The fourth-order valence-electron chi connectivity index (χ4n) is 1.23. The van der Waals surface area contributed by atoms with Gasteiger partial charge in [-0.15, -0.1) is 12.4 Å². The van der Waals surface area contributed by atoms with Crippen LogP contribution in [0.15, 0.2) is 30.3 Å². The van der Waals surface area contributed by atoms with Crippen molar-refractivity contribution < 1.29 is 20.5 Å². The van der Waals surface area contributed by atoms with Crippen molar-refractivity contribution in [2.45, 2.75) is 12.3 Å². The molecule has 4 N–H and O–H groups in total. The smallest absolute Gasteiger partial charge is 0.356 e. The maximum atomic E-state index is 11.5. The van der Waals surface area contributed by atoms with Crippen molar-refractivity contribution in [2.24, 2.45) is 11.6 Å². The van der Waals surface area contributed by atoms with E-state index >= 15 is 0 Å². The first kappa shape index (κ1) is 14.9. The Balaban J connectivity index is 0.00000324. The van der Waals surface area contributed by atoms with Gasteiger partial charge < -0.3 is 9.47 Å². The number of methoxy groups -OCH3 is 1. The second-order valence-corrected chi connectivity index (χ2v) is 3.44. The number of halogens is 1. The third-order valence-electron chi connectivity index (χ3n) is 2.16. The second kappa shape index (κ2) is 8.02. The molecule has 0 radical (unpaired) electrons. The molecule has 0 saturated heterocycles. The van der Waals surface area contributed by atoms with Crippen LogP contribution in [0.5, 0.6) is 0 Å². The molecule has 0 saturated carbocycles. The van der Waals surface area contributed by atoms with Crippen molar-refractivity contribution in [1.29, 1.82) is 0 Å². The maximum absolute atomic E-state index is 11.5. The number of nitrogens with two attached hydrogens (primary N) is 2. The summed E-state index contributed by atoms with van der Waals surface area (Å²) in [6, 6.07) is 9.23. The van der Waals surface area contributed by atoms with Crippen LogP contribution in [0.1, 0.15) is 5.56 Å². The minimum absolute atomic E-state index is 0. The SMILES string of the molecule is Cl.[2H]NOC[C@@](N)(OCc1ccccc1)C(=O)OC. The van der Waals surface area contributed by atoms with Crippen LogP contribution < -0.4 is 11.6 Å². The molecule has 0 bridgehead atoms. The molecule has 7 heteroatoms. The summed E-state index contributed by atoms with van der Waals surface area (Å²) in [4.78, 5) is 16.1. The predicted molar refractivity (Wildman–Crippen MR) is 67.6 cm³/mol. The number of carbonyl (C=O) groups is 1. The quantitative estimate of drug-likeness (QED) is 0.424. The first-order valence-electron chi connectivity index (χ1n) is 5.46. The van der Waals surface area contributed by atoms with E-state index in [1.807, 2.05) is 30.3 Å². The predicted octanol–water partition coefficient (Wildman–Crippen LogP) is 0.343. The van der Waals surface area contributed by atoms with Gasteiger partial charge in [0.1, 0.15) is 6.61 Å². The molecule has 6 nitrogen and oxygen atoms in total. The Morgan fingerprint density at radius 1 is 1.44 bits per heavy atom. The van der Waals surface area contributed by atoms with E-state index < -0.39 is 11.7 Å². The van der Waals surface area contributed by atoms with E-state index in [1.54, 1.807) is 5.89 Å². The molecule has 102 valence electrons.